The molecular formula is C15H15N2+. The molecule has 2 heteroatoms. The highest BCUT2D eigenvalue weighted by Crippen LogP contribution is 2.18. The molecule has 0 amide bonds. The van der Waals surface area contributed by atoms with Crippen molar-refractivity contribution in [1.29, 1.82) is 0 Å². The van der Waals surface area contributed by atoms with Gasteiger partial charge in [0.05, 0.1) is 13.9 Å². The summed E-state index contributed by atoms with van der Waals surface area (Å²) in [5.41, 5.74) is 1.92. The fourth-order valence-corrected chi connectivity index (χ4v) is 2.07. The molecule has 0 radical (unpaired) electrons. The van der Waals surface area contributed by atoms with Crippen LogP contribution in [0, 0.1) is 6.92 Å². The van der Waals surface area contributed by atoms with Gasteiger partial charge in [0.1, 0.15) is 5.69 Å². The molecular weight excluding hydrogens is 208 g/mol. The number of imidazole rings is 1. The normalized spacial score (nSPS) is 15.1. The van der Waals surface area contributed by atoms with E-state index in [9.17, 15) is 0 Å². The molecule has 84 valence electrons. The predicted octanol–water partition coefficient (Wildman–Crippen LogP) is 2.76. The third-order valence-corrected chi connectivity index (χ3v) is 3.00. The molecule has 0 unspecified atom stereocenters. The molecule has 0 atom stereocenters. The Bertz CT molecular complexity index is 885. The van der Waals surface area contributed by atoms with E-state index >= 15 is 0 Å². The Labute approximate surface area is 108 Å². The largest absolute Gasteiger partial charge is 0.259 e. The molecule has 1 aromatic heterocycles. The van der Waals surface area contributed by atoms with Crippen molar-refractivity contribution in [3.63, 3.8) is 0 Å². The summed E-state index contributed by atoms with van der Waals surface area (Å²) in [7, 11) is 1.89. The third-order valence-electron chi connectivity index (χ3n) is 3.00. The molecule has 0 saturated carbocycles. The standard InChI is InChI=1S/C15H15N2/c1-12-16(2)14-10-6-7-11-15(14)17(12)13-8-4-3-5-9-13/h3-11H,1-2H3/q+1/i3D,4D,5D,8D,9D. The van der Waals surface area contributed by atoms with E-state index in [1.807, 2.05) is 42.8 Å². The van der Waals surface area contributed by atoms with Crippen molar-refractivity contribution in [2.75, 3.05) is 0 Å². The second kappa shape index (κ2) is 3.74. The Hall–Kier alpha value is -2.09. The maximum Gasteiger partial charge on any atom is 0.259 e. The Morgan fingerprint density at radius 1 is 1.12 bits per heavy atom. The number of rotatable bonds is 1. The van der Waals surface area contributed by atoms with Crippen molar-refractivity contribution in [2.45, 2.75) is 6.92 Å². The van der Waals surface area contributed by atoms with Crippen molar-refractivity contribution >= 4 is 11.0 Å². The van der Waals surface area contributed by atoms with Gasteiger partial charge < -0.3 is 0 Å². The maximum atomic E-state index is 8.15. The zero-order chi connectivity index (χ0) is 16.2. The summed E-state index contributed by atoms with van der Waals surface area (Å²) in [5, 5.41) is 0. The van der Waals surface area contributed by atoms with Crippen LogP contribution in [0.2, 0.25) is 0 Å². The number of hydrogen-bond acceptors (Lipinski definition) is 0. The lowest BCUT2D eigenvalue weighted by Crippen LogP contribution is -2.30. The van der Waals surface area contributed by atoms with E-state index in [1.54, 1.807) is 4.57 Å². The van der Waals surface area contributed by atoms with E-state index in [2.05, 4.69) is 0 Å². The minimum atomic E-state index is -0.378. The van der Waals surface area contributed by atoms with E-state index < -0.39 is 0 Å². The van der Waals surface area contributed by atoms with E-state index in [0.717, 1.165) is 16.9 Å². The minimum Gasteiger partial charge on any atom is -0.230 e. The number of para-hydroxylation sites is 3. The molecule has 3 rings (SSSR count). The van der Waals surface area contributed by atoms with Crippen LogP contribution in [0.15, 0.2) is 54.5 Å². The molecule has 1 heterocycles. The molecule has 0 spiro atoms. The Kier molecular flexibility index (Phi) is 1.32. The molecule has 0 aliphatic rings. The quantitative estimate of drug-likeness (QED) is 0.566. The summed E-state index contributed by atoms with van der Waals surface area (Å²) in [6.07, 6.45) is 0. The highest BCUT2D eigenvalue weighted by Gasteiger charge is 2.19. The molecule has 3 aromatic rings. The van der Waals surface area contributed by atoms with Crippen molar-refractivity contribution < 1.29 is 11.4 Å². The van der Waals surface area contributed by atoms with Gasteiger partial charge in [-0.2, -0.15) is 4.57 Å². The van der Waals surface area contributed by atoms with Gasteiger partial charge in [-0.1, -0.05) is 30.3 Å². The van der Waals surface area contributed by atoms with Gasteiger partial charge in [0, 0.05) is 6.92 Å². The molecule has 0 fully saturated rings. The molecule has 0 N–H and O–H groups in total. The summed E-state index contributed by atoms with van der Waals surface area (Å²) in [4.78, 5) is 0. The smallest absolute Gasteiger partial charge is 0.230 e. The van der Waals surface area contributed by atoms with Crippen LogP contribution in [0.25, 0.3) is 16.7 Å². The topological polar surface area (TPSA) is 8.81 Å². The Morgan fingerprint density at radius 2 is 1.82 bits per heavy atom. The first-order valence-corrected chi connectivity index (χ1v) is 5.39. The minimum absolute atomic E-state index is 0.181. The van der Waals surface area contributed by atoms with Gasteiger partial charge in [-0.15, -0.1) is 0 Å². The van der Waals surface area contributed by atoms with Crippen LogP contribution in [-0.4, -0.2) is 4.57 Å². The van der Waals surface area contributed by atoms with Gasteiger partial charge in [-0.25, -0.2) is 4.57 Å². The third kappa shape index (κ3) is 1.45. The summed E-state index contributed by atoms with van der Waals surface area (Å²) in [6.45, 7) is 1.86. The summed E-state index contributed by atoms with van der Waals surface area (Å²) in [6, 6.07) is 6.17. The molecule has 2 aromatic carbocycles. The lowest BCUT2D eigenvalue weighted by molar-refractivity contribution is -0.652. The van der Waals surface area contributed by atoms with Crippen molar-refractivity contribution in [3.8, 4) is 5.69 Å². The highest BCUT2D eigenvalue weighted by atomic mass is 15.2. The SMILES string of the molecule is [2H]c1c([2H])c([2H])c(-n2c(C)[n+](C)c3ccccc32)c([2H])c1[2H]. The molecule has 0 aliphatic carbocycles. The van der Waals surface area contributed by atoms with Crippen LogP contribution in [0.5, 0.6) is 0 Å². The molecule has 17 heavy (non-hydrogen) atoms. The number of aromatic nitrogens is 2. The fourth-order valence-electron chi connectivity index (χ4n) is 2.07. The predicted molar refractivity (Wildman–Crippen MR) is 69.2 cm³/mol. The Balaban J connectivity index is 2.51. The maximum absolute atomic E-state index is 8.15. The fraction of sp³-hybridized carbons (Fsp3) is 0.133. The second-order valence-corrected chi connectivity index (χ2v) is 3.90. The van der Waals surface area contributed by atoms with Crippen LogP contribution >= 0.6 is 0 Å². The average Bonchev–Trinajstić information content (AvgIpc) is 2.77. The zero-order valence-corrected chi connectivity index (χ0v) is 9.70. The first kappa shape index (κ1) is 6.01. The van der Waals surface area contributed by atoms with Gasteiger partial charge in [0.2, 0.25) is 0 Å². The van der Waals surface area contributed by atoms with Crippen LogP contribution in [0.3, 0.4) is 0 Å². The summed E-state index contributed by atoms with van der Waals surface area (Å²) >= 11 is 0. The van der Waals surface area contributed by atoms with Crippen molar-refractivity contribution in [2.24, 2.45) is 7.05 Å². The number of aryl methyl sites for hydroxylation is 1. The molecule has 2 nitrogen and oxygen atoms in total. The van der Waals surface area contributed by atoms with E-state index in [0.29, 0.717) is 0 Å². The van der Waals surface area contributed by atoms with Crippen molar-refractivity contribution in [3.05, 3.63) is 60.3 Å². The van der Waals surface area contributed by atoms with Gasteiger partial charge >= 0.3 is 0 Å². The zero-order valence-electron chi connectivity index (χ0n) is 14.7. The van der Waals surface area contributed by atoms with Gasteiger partial charge in [0.25, 0.3) is 5.82 Å². The highest BCUT2D eigenvalue weighted by molar-refractivity contribution is 5.74. The monoisotopic (exact) mass is 228 g/mol. The van der Waals surface area contributed by atoms with E-state index in [-0.39, 0.29) is 35.9 Å². The van der Waals surface area contributed by atoms with Gasteiger partial charge in [-0.05, 0) is 24.2 Å². The number of nitrogens with zero attached hydrogens (tertiary/aromatic N) is 2. The van der Waals surface area contributed by atoms with Crippen LogP contribution in [0.1, 0.15) is 12.7 Å². The van der Waals surface area contributed by atoms with Crippen LogP contribution in [0.4, 0.5) is 0 Å². The van der Waals surface area contributed by atoms with Crippen molar-refractivity contribution in [1.82, 2.24) is 4.57 Å². The van der Waals surface area contributed by atoms with Gasteiger partial charge in [0.15, 0.2) is 11.0 Å². The number of hydrogen-bond donors (Lipinski definition) is 0. The number of benzene rings is 2. The molecule has 0 saturated heterocycles. The second-order valence-electron chi connectivity index (χ2n) is 3.90. The van der Waals surface area contributed by atoms with E-state index in [4.69, 9.17) is 6.85 Å². The summed E-state index contributed by atoms with van der Waals surface area (Å²) in [5.74, 6) is 0.791. The first-order chi connectivity index (χ1) is 10.4. The molecule has 0 aliphatic heterocycles. The summed E-state index contributed by atoms with van der Waals surface area (Å²) < 4.78 is 43.4. The Morgan fingerprint density at radius 3 is 2.59 bits per heavy atom. The van der Waals surface area contributed by atoms with Crippen LogP contribution < -0.4 is 4.57 Å². The van der Waals surface area contributed by atoms with E-state index in [1.165, 1.54) is 0 Å². The average molecular weight is 228 g/mol. The molecule has 0 bridgehead atoms. The number of fused-ring (bicyclic) bond motifs is 1. The lowest BCUT2D eigenvalue weighted by atomic mass is 10.3. The van der Waals surface area contributed by atoms with Crippen LogP contribution in [-0.2, 0) is 7.05 Å². The lowest BCUT2D eigenvalue weighted by Gasteiger charge is -1.98. The van der Waals surface area contributed by atoms with Gasteiger partial charge in [-0.3, -0.25) is 0 Å². The first-order valence-electron chi connectivity index (χ1n) is 7.89.